The molecule has 0 spiro atoms. The van der Waals surface area contributed by atoms with Gasteiger partial charge >= 0.3 is 0 Å². The fourth-order valence-electron chi connectivity index (χ4n) is 3.67. The van der Waals surface area contributed by atoms with Crippen molar-refractivity contribution in [1.29, 1.82) is 0 Å². The summed E-state index contributed by atoms with van der Waals surface area (Å²) in [6, 6.07) is 0.830. The Balaban J connectivity index is 1.80. The Labute approximate surface area is 101 Å². The molecule has 2 rings (SSSR count). The van der Waals surface area contributed by atoms with Crippen molar-refractivity contribution in [3.63, 3.8) is 0 Å². The lowest BCUT2D eigenvalue weighted by Gasteiger charge is -2.45. The van der Waals surface area contributed by atoms with Crippen molar-refractivity contribution in [1.82, 2.24) is 10.2 Å². The molecule has 2 fully saturated rings. The monoisotopic (exact) mass is 224 g/mol. The Bertz CT molecular complexity index is 205. The molecule has 0 aromatic carbocycles. The van der Waals surface area contributed by atoms with Crippen LogP contribution in [0.15, 0.2) is 0 Å². The van der Waals surface area contributed by atoms with Gasteiger partial charge in [-0.05, 0) is 58.2 Å². The molecule has 2 heteroatoms. The van der Waals surface area contributed by atoms with Crippen LogP contribution in [-0.4, -0.2) is 37.6 Å². The Morgan fingerprint density at radius 2 is 1.94 bits per heavy atom. The van der Waals surface area contributed by atoms with Gasteiger partial charge in [0.1, 0.15) is 0 Å². The lowest BCUT2D eigenvalue weighted by molar-refractivity contribution is 0.0457. The standard InChI is InChI=1S/C14H28N2/c1-12-10-13-6-3-4-7-14(13)11-16(12)9-5-8-15-2/h12-15H,3-11H2,1-2H3. The summed E-state index contributed by atoms with van der Waals surface area (Å²) in [5.74, 6) is 2.09. The maximum absolute atomic E-state index is 3.25. The molecule has 1 heterocycles. The number of hydrogen-bond acceptors (Lipinski definition) is 2. The van der Waals surface area contributed by atoms with Gasteiger partial charge in [-0.2, -0.15) is 0 Å². The third kappa shape index (κ3) is 2.98. The minimum Gasteiger partial charge on any atom is -0.320 e. The first-order chi connectivity index (χ1) is 7.81. The third-order valence-corrected chi connectivity index (χ3v) is 4.67. The predicted molar refractivity (Wildman–Crippen MR) is 69.6 cm³/mol. The summed E-state index contributed by atoms with van der Waals surface area (Å²) in [5.41, 5.74) is 0. The number of likely N-dealkylation sites (tertiary alicyclic amines) is 1. The Kier molecular flexibility index (Phi) is 4.66. The molecule has 1 N–H and O–H groups in total. The second-order valence-corrected chi connectivity index (χ2v) is 5.84. The van der Waals surface area contributed by atoms with Gasteiger partial charge in [-0.3, -0.25) is 0 Å². The zero-order valence-corrected chi connectivity index (χ0v) is 11.0. The lowest BCUT2D eigenvalue weighted by Crippen LogP contribution is -2.47. The highest BCUT2D eigenvalue weighted by atomic mass is 15.2. The van der Waals surface area contributed by atoms with Crippen LogP contribution in [0.3, 0.4) is 0 Å². The molecular weight excluding hydrogens is 196 g/mol. The van der Waals surface area contributed by atoms with Crippen LogP contribution in [0.2, 0.25) is 0 Å². The van der Waals surface area contributed by atoms with Crippen LogP contribution >= 0.6 is 0 Å². The van der Waals surface area contributed by atoms with Crippen LogP contribution in [-0.2, 0) is 0 Å². The maximum atomic E-state index is 3.25. The van der Waals surface area contributed by atoms with Crippen molar-refractivity contribution in [3.8, 4) is 0 Å². The van der Waals surface area contributed by atoms with Crippen molar-refractivity contribution < 1.29 is 0 Å². The molecule has 0 amide bonds. The van der Waals surface area contributed by atoms with Gasteiger partial charge in [0, 0.05) is 12.6 Å². The Morgan fingerprint density at radius 1 is 1.19 bits per heavy atom. The normalized spacial score (nSPS) is 36.0. The molecule has 3 unspecified atom stereocenters. The molecule has 0 bridgehead atoms. The van der Waals surface area contributed by atoms with Crippen molar-refractivity contribution in [2.75, 3.05) is 26.7 Å². The first-order valence-corrected chi connectivity index (χ1v) is 7.20. The number of nitrogens with one attached hydrogen (secondary N) is 1. The number of nitrogens with zero attached hydrogens (tertiary/aromatic N) is 1. The van der Waals surface area contributed by atoms with E-state index in [9.17, 15) is 0 Å². The highest BCUT2D eigenvalue weighted by Crippen LogP contribution is 2.38. The average molecular weight is 224 g/mol. The second-order valence-electron chi connectivity index (χ2n) is 5.84. The number of piperidine rings is 1. The van der Waals surface area contributed by atoms with Crippen LogP contribution in [0.1, 0.15) is 45.4 Å². The molecule has 2 aliphatic rings. The Morgan fingerprint density at radius 3 is 2.69 bits per heavy atom. The SMILES string of the molecule is CNCCCN1CC2CCCCC2CC1C. The van der Waals surface area contributed by atoms with Gasteiger partial charge in [0.05, 0.1) is 0 Å². The van der Waals surface area contributed by atoms with Gasteiger partial charge in [-0.1, -0.05) is 19.3 Å². The molecule has 1 aliphatic carbocycles. The minimum absolute atomic E-state index is 0.830. The summed E-state index contributed by atoms with van der Waals surface area (Å²) >= 11 is 0. The fraction of sp³-hybridized carbons (Fsp3) is 1.00. The summed E-state index contributed by atoms with van der Waals surface area (Å²) in [4.78, 5) is 2.74. The van der Waals surface area contributed by atoms with E-state index < -0.39 is 0 Å². The van der Waals surface area contributed by atoms with E-state index in [0.29, 0.717) is 0 Å². The van der Waals surface area contributed by atoms with Gasteiger partial charge in [0.25, 0.3) is 0 Å². The molecule has 0 aromatic rings. The van der Waals surface area contributed by atoms with Gasteiger partial charge in [0.15, 0.2) is 0 Å². The minimum atomic E-state index is 0.830. The van der Waals surface area contributed by atoms with Crippen LogP contribution in [0.5, 0.6) is 0 Å². The highest BCUT2D eigenvalue weighted by Gasteiger charge is 2.34. The summed E-state index contributed by atoms with van der Waals surface area (Å²) < 4.78 is 0. The first kappa shape index (κ1) is 12.4. The molecular formula is C14H28N2. The van der Waals surface area contributed by atoms with Crippen LogP contribution in [0, 0.1) is 11.8 Å². The zero-order chi connectivity index (χ0) is 11.4. The number of hydrogen-bond donors (Lipinski definition) is 1. The van der Waals surface area contributed by atoms with E-state index in [4.69, 9.17) is 0 Å². The van der Waals surface area contributed by atoms with Crippen LogP contribution < -0.4 is 5.32 Å². The average Bonchev–Trinajstić information content (AvgIpc) is 2.30. The lowest BCUT2D eigenvalue weighted by atomic mass is 9.73. The predicted octanol–water partition coefficient (Wildman–Crippen LogP) is 2.50. The van der Waals surface area contributed by atoms with E-state index in [1.807, 2.05) is 0 Å². The van der Waals surface area contributed by atoms with Crippen molar-refractivity contribution >= 4 is 0 Å². The molecule has 16 heavy (non-hydrogen) atoms. The summed E-state index contributed by atoms with van der Waals surface area (Å²) in [7, 11) is 2.05. The van der Waals surface area contributed by atoms with Gasteiger partial charge < -0.3 is 10.2 Å². The van der Waals surface area contributed by atoms with Gasteiger partial charge in [0.2, 0.25) is 0 Å². The molecule has 2 nitrogen and oxygen atoms in total. The molecule has 1 aliphatic heterocycles. The molecule has 1 saturated carbocycles. The molecule has 94 valence electrons. The maximum Gasteiger partial charge on any atom is 0.00698 e. The van der Waals surface area contributed by atoms with E-state index in [0.717, 1.165) is 24.4 Å². The zero-order valence-electron chi connectivity index (χ0n) is 11.0. The van der Waals surface area contributed by atoms with Crippen molar-refractivity contribution in [2.24, 2.45) is 11.8 Å². The van der Waals surface area contributed by atoms with E-state index in [-0.39, 0.29) is 0 Å². The first-order valence-electron chi connectivity index (χ1n) is 7.20. The molecule has 0 aromatic heterocycles. The quantitative estimate of drug-likeness (QED) is 0.738. The summed E-state index contributed by atoms with van der Waals surface area (Å²) in [6.45, 7) is 6.28. The van der Waals surface area contributed by atoms with E-state index >= 15 is 0 Å². The van der Waals surface area contributed by atoms with E-state index in [2.05, 4.69) is 24.2 Å². The number of rotatable bonds is 4. The van der Waals surface area contributed by atoms with Crippen molar-refractivity contribution in [3.05, 3.63) is 0 Å². The van der Waals surface area contributed by atoms with E-state index in [1.165, 1.54) is 51.6 Å². The van der Waals surface area contributed by atoms with Crippen LogP contribution in [0.4, 0.5) is 0 Å². The topological polar surface area (TPSA) is 15.3 Å². The third-order valence-electron chi connectivity index (χ3n) is 4.67. The second kappa shape index (κ2) is 6.02. The summed E-state index contributed by atoms with van der Waals surface area (Å²) in [5, 5.41) is 3.25. The smallest absolute Gasteiger partial charge is 0.00698 e. The largest absolute Gasteiger partial charge is 0.320 e. The summed E-state index contributed by atoms with van der Waals surface area (Å²) in [6.07, 6.45) is 8.76. The van der Waals surface area contributed by atoms with Crippen molar-refractivity contribution in [2.45, 2.75) is 51.5 Å². The molecule has 3 atom stereocenters. The number of fused-ring (bicyclic) bond motifs is 1. The molecule has 1 saturated heterocycles. The van der Waals surface area contributed by atoms with E-state index in [1.54, 1.807) is 0 Å². The van der Waals surface area contributed by atoms with Gasteiger partial charge in [-0.25, -0.2) is 0 Å². The highest BCUT2D eigenvalue weighted by molar-refractivity contribution is 4.87. The fourth-order valence-corrected chi connectivity index (χ4v) is 3.67. The van der Waals surface area contributed by atoms with Crippen LogP contribution in [0.25, 0.3) is 0 Å². The Hall–Kier alpha value is -0.0800. The van der Waals surface area contributed by atoms with Gasteiger partial charge in [-0.15, -0.1) is 0 Å². The molecule has 0 radical (unpaired) electrons.